The van der Waals surface area contributed by atoms with Crippen molar-refractivity contribution in [3.8, 4) is 0 Å². The third kappa shape index (κ3) is 5.29. The molecule has 0 aliphatic heterocycles. The Kier molecular flexibility index (Phi) is 4.92. The van der Waals surface area contributed by atoms with E-state index in [4.69, 9.17) is 5.11 Å². The molecule has 0 unspecified atom stereocenters. The fourth-order valence-corrected chi connectivity index (χ4v) is 2.57. The third-order valence-corrected chi connectivity index (χ3v) is 3.01. The highest BCUT2D eigenvalue weighted by atomic mass is 19.1. The number of carboxylic acids is 1. The van der Waals surface area contributed by atoms with Crippen molar-refractivity contribution in [1.82, 2.24) is 5.32 Å². The minimum Gasteiger partial charge on any atom is -0.478 e. The number of aromatic carboxylic acids is 1. The molecule has 1 aromatic rings. The quantitative estimate of drug-likeness (QED) is 0.862. The molecule has 0 aromatic heterocycles. The number of halogens is 1. The van der Waals surface area contributed by atoms with Gasteiger partial charge < -0.3 is 10.4 Å². The lowest BCUT2D eigenvalue weighted by atomic mass is 9.82. The molecular formula is C16H24FNO2. The van der Waals surface area contributed by atoms with Crippen molar-refractivity contribution in [3.05, 3.63) is 35.1 Å². The second-order valence-corrected chi connectivity index (χ2v) is 7.09. The van der Waals surface area contributed by atoms with E-state index in [9.17, 15) is 9.18 Å². The van der Waals surface area contributed by atoms with Crippen LogP contribution in [0, 0.1) is 11.2 Å². The Labute approximate surface area is 120 Å². The smallest absolute Gasteiger partial charge is 0.338 e. The first-order valence-electron chi connectivity index (χ1n) is 6.77. The minimum absolute atomic E-state index is 0.0693. The second-order valence-electron chi connectivity index (χ2n) is 7.09. The van der Waals surface area contributed by atoms with Crippen LogP contribution in [0.25, 0.3) is 0 Å². The van der Waals surface area contributed by atoms with Crippen LogP contribution in [0.15, 0.2) is 18.2 Å². The molecule has 0 radical (unpaired) electrons. The van der Waals surface area contributed by atoms with Crippen LogP contribution in [0.4, 0.5) is 4.39 Å². The van der Waals surface area contributed by atoms with Gasteiger partial charge in [0.2, 0.25) is 0 Å². The standard InChI is InChI=1S/C16H24FNO2/c1-15(2,3)10-16(4,5)18-9-11-6-7-12(14(19)20)13(17)8-11/h6-8,18H,9-10H2,1-5H3,(H,19,20). The summed E-state index contributed by atoms with van der Waals surface area (Å²) in [5.74, 6) is -1.93. The predicted molar refractivity (Wildman–Crippen MR) is 78.4 cm³/mol. The molecular weight excluding hydrogens is 257 g/mol. The zero-order valence-corrected chi connectivity index (χ0v) is 12.9. The van der Waals surface area contributed by atoms with Crippen LogP contribution in [0.5, 0.6) is 0 Å². The first kappa shape index (κ1) is 16.6. The van der Waals surface area contributed by atoms with Gasteiger partial charge >= 0.3 is 5.97 Å². The molecule has 0 saturated heterocycles. The summed E-state index contributed by atoms with van der Waals surface area (Å²) in [6, 6.07) is 4.24. The van der Waals surface area contributed by atoms with E-state index in [0.29, 0.717) is 6.54 Å². The molecule has 0 atom stereocenters. The Hall–Kier alpha value is -1.42. The molecule has 1 aromatic carbocycles. The monoisotopic (exact) mass is 281 g/mol. The van der Waals surface area contributed by atoms with Crippen molar-refractivity contribution in [3.63, 3.8) is 0 Å². The summed E-state index contributed by atoms with van der Waals surface area (Å²) in [7, 11) is 0. The first-order valence-corrected chi connectivity index (χ1v) is 6.77. The van der Waals surface area contributed by atoms with E-state index in [0.717, 1.165) is 12.0 Å². The number of benzene rings is 1. The van der Waals surface area contributed by atoms with Gasteiger partial charge in [-0.25, -0.2) is 9.18 Å². The molecule has 0 amide bonds. The average Bonchev–Trinajstić information content (AvgIpc) is 2.22. The van der Waals surface area contributed by atoms with Crippen LogP contribution in [-0.4, -0.2) is 16.6 Å². The van der Waals surface area contributed by atoms with Crippen molar-refractivity contribution in [1.29, 1.82) is 0 Å². The molecule has 1 rings (SSSR count). The molecule has 2 N–H and O–H groups in total. The van der Waals surface area contributed by atoms with Gasteiger partial charge in [-0.1, -0.05) is 26.8 Å². The van der Waals surface area contributed by atoms with E-state index < -0.39 is 11.8 Å². The molecule has 112 valence electrons. The maximum Gasteiger partial charge on any atom is 0.338 e. The van der Waals surface area contributed by atoms with E-state index >= 15 is 0 Å². The molecule has 0 fully saturated rings. The van der Waals surface area contributed by atoms with Gasteiger partial charge in [0.1, 0.15) is 5.82 Å². The molecule has 0 bridgehead atoms. The Bertz CT molecular complexity index is 490. The number of hydrogen-bond acceptors (Lipinski definition) is 2. The van der Waals surface area contributed by atoms with Crippen molar-refractivity contribution in [2.45, 2.75) is 53.1 Å². The lowest BCUT2D eigenvalue weighted by Crippen LogP contribution is -2.41. The SMILES string of the molecule is CC(C)(C)CC(C)(C)NCc1ccc(C(=O)O)c(F)c1. The van der Waals surface area contributed by atoms with Gasteiger partial charge in [-0.05, 0) is 43.4 Å². The Morgan fingerprint density at radius 3 is 2.30 bits per heavy atom. The summed E-state index contributed by atoms with van der Waals surface area (Å²) in [5, 5.41) is 12.2. The third-order valence-electron chi connectivity index (χ3n) is 3.01. The molecule has 3 nitrogen and oxygen atoms in total. The van der Waals surface area contributed by atoms with Crippen LogP contribution in [0.3, 0.4) is 0 Å². The van der Waals surface area contributed by atoms with Crippen molar-refractivity contribution >= 4 is 5.97 Å². The highest BCUT2D eigenvalue weighted by Crippen LogP contribution is 2.27. The lowest BCUT2D eigenvalue weighted by molar-refractivity contribution is 0.0692. The summed E-state index contributed by atoms with van der Waals surface area (Å²) in [5.41, 5.74) is 0.590. The van der Waals surface area contributed by atoms with Gasteiger partial charge in [0, 0.05) is 12.1 Å². The van der Waals surface area contributed by atoms with Crippen LogP contribution in [-0.2, 0) is 6.54 Å². The van der Waals surface area contributed by atoms with E-state index in [-0.39, 0.29) is 16.5 Å². The van der Waals surface area contributed by atoms with Crippen molar-refractivity contribution in [2.24, 2.45) is 5.41 Å². The summed E-state index contributed by atoms with van der Waals surface area (Å²) in [4.78, 5) is 10.8. The van der Waals surface area contributed by atoms with Crippen LogP contribution < -0.4 is 5.32 Å². The van der Waals surface area contributed by atoms with Gasteiger partial charge in [-0.15, -0.1) is 0 Å². The van der Waals surface area contributed by atoms with Gasteiger partial charge in [0.25, 0.3) is 0 Å². The normalized spacial score (nSPS) is 12.5. The first-order chi connectivity index (χ1) is 9.00. The Morgan fingerprint density at radius 1 is 1.25 bits per heavy atom. The lowest BCUT2D eigenvalue weighted by Gasteiger charge is -2.33. The molecule has 0 aliphatic rings. The number of rotatable bonds is 5. The molecule has 20 heavy (non-hydrogen) atoms. The molecule has 0 spiro atoms. The largest absolute Gasteiger partial charge is 0.478 e. The maximum absolute atomic E-state index is 13.6. The van der Waals surface area contributed by atoms with E-state index in [1.165, 1.54) is 12.1 Å². The highest BCUT2D eigenvalue weighted by Gasteiger charge is 2.24. The molecule has 4 heteroatoms. The van der Waals surface area contributed by atoms with E-state index in [1.54, 1.807) is 6.07 Å². The van der Waals surface area contributed by atoms with E-state index in [1.807, 2.05) is 0 Å². The van der Waals surface area contributed by atoms with Crippen LogP contribution >= 0.6 is 0 Å². The van der Waals surface area contributed by atoms with Crippen LogP contribution in [0.2, 0.25) is 0 Å². The fraction of sp³-hybridized carbons (Fsp3) is 0.562. The Morgan fingerprint density at radius 2 is 1.85 bits per heavy atom. The average molecular weight is 281 g/mol. The number of hydrogen-bond donors (Lipinski definition) is 2. The van der Waals surface area contributed by atoms with Gasteiger partial charge in [-0.2, -0.15) is 0 Å². The van der Waals surface area contributed by atoms with Gasteiger partial charge in [-0.3, -0.25) is 0 Å². The predicted octanol–water partition coefficient (Wildman–Crippen LogP) is 3.83. The summed E-state index contributed by atoms with van der Waals surface area (Å²) in [6.07, 6.45) is 0.982. The number of nitrogens with one attached hydrogen (secondary N) is 1. The Balaban J connectivity index is 2.71. The summed E-state index contributed by atoms with van der Waals surface area (Å²) in [6.45, 7) is 11.3. The number of carboxylic acid groups (broad SMARTS) is 1. The fourth-order valence-electron chi connectivity index (χ4n) is 2.57. The van der Waals surface area contributed by atoms with Crippen molar-refractivity contribution in [2.75, 3.05) is 0 Å². The molecule has 0 heterocycles. The second kappa shape index (κ2) is 5.92. The zero-order valence-electron chi connectivity index (χ0n) is 12.9. The number of carbonyl (C=O) groups is 1. The molecule has 0 aliphatic carbocycles. The highest BCUT2D eigenvalue weighted by molar-refractivity contribution is 5.87. The topological polar surface area (TPSA) is 49.3 Å². The van der Waals surface area contributed by atoms with Gasteiger partial charge in [0.15, 0.2) is 0 Å². The minimum atomic E-state index is -1.24. The van der Waals surface area contributed by atoms with Crippen LogP contribution in [0.1, 0.15) is 57.0 Å². The zero-order chi connectivity index (χ0) is 15.6. The summed E-state index contributed by atoms with van der Waals surface area (Å²) >= 11 is 0. The van der Waals surface area contributed by atoms with Crippen molar-refractivity contribution < 1.29 is 14.3 Å². The maximum atomic E-state index is 13.6. The summed E-state index contributed by atoms with van der Waals surface area (Å²) < 4.78 is 13.6. The van der Waals surface area contributed by atoms with Gasteiger partial charge in [0.05, 0.1) is 5.56 Å². The van der Waals surface area contributed by atoms with E-state index in [2.05, 4.69) is 39.9 Å². The molecule has 0 saturated carbocycles.